The zero-order chi connectivity index (χ0) is 15.1. The van der Waals surface area contributed by atoms with Gasteiger partial charge in [0, 0.05) is 15.5 Å². The van der Waals surface area contributed by atoms with Gasteiger partial charge < -0.3 is 10.2 Å². The van der Waals surface area contributed by atoms with Gasteiger partial charge in [0.2, 0.25) is 5.91 Å². The van der Waals surface area contributed by atoms with E-state index in [1.807, 2.05) is 13.0 Å². The fourth-order valence-electron chi connectivity index (χ4n) is 2.34. The largest absolute Gasteiger partial charge is 0.323 e. The van der Waals surface area contributed by atoms with E-state index in [4.69, 9.17) is 11.6 Å². The quantitative estimate of drug-likeness (QED) is 0.867. The number of anilines is 1. The highest BCUT2D eigenvalue weighted by molar-refractivity contribution is 9.10. The molecule has 2 aliphatic rings. The van der Waals surface area contributed by atoms with E-state index < -0.39 is 0 Å². The number of hydrogen-bond acceptors (Lipinski definition) is 2. The van der Waals surface area contributed by atoms with Gasteiger partial charge in [0.1, 0.15) is 6.54 Å². The lowest BCUT2D eigenvalue weighted by molar-refractivity contribution is -0.127. The van der Waals surface area contributed by atoms with E-state index >= 15 is 0 Å². The standard InChI is InChI=1S/C14H15BrClN3O2/c1-8-4-10(15)12(5-11(8)16)17-14(21)18-6-13(20)19(7-18)9-2-3-9/h4-5,9H,2-3,6-7H2,1H3,(H,17,21). The Balaban J connectivity index is 1.69. The predicted molar refractivity (Wildman–Crippen MR) is 84.3 cm³/mol. The van der Waals surface area contributed by atoms with E-state index in [9.17, 15) is 9.59 Å². The van der Waals surface area contributed by atoms with Crippen molar-refractivity contribution in [3.63, 3.8) is 0 Å². The molecule has 2 fully saturated rings. The van der Waals surface area contributed by atoms with E-state index in [2.05, 4.69) is 21.2 Å². The molecule has 3 amide bonds. The number of nitrogens with zero attached hydrogens (tertiary/aromatic N) is 2. The van der Waals surface area contributed by atoms with Crippen LogP contribution in [0.4, 0.5) is 10.5 Å². The van der Waals surface area contributed by atoms with Crippen LogP contribution in [0.1, 0.15) is 18.4 Å². The molecule has 7 heteroatoms. The van der Waals surface area contributed by atoms with Crippen molar-refractivity contribution in [3.05, 3.63) is 27.2 Å². The second kappa shape index (κ2) is 5.50. The van der Waals surface area contributed by atoms with Gasteiger partial charge in [0.25, 0.3) is 0 Å². The molecule has 3 rings (SSSR count). The molecule has 1 aliphatic heterocycles. The van der Waals surface area contributed by atoms with Crippen LogP contribution in [0.3, 0.4) is 0 Å². The van der Waals surface area contributed by atoms with Crippen LogP contribution in [-0.4, -0.2) is 41.0 Å². The maximum Gasteiger partial charge on any atom is 0.323 e. The lowest BCUT2D eigenvalue weighted by Crippen LogP contribution is -2.35. The van der Waals surface area contributed by atoms with Gasteiger partial charge in [0.05, 0.1) is 12.4 Å². The molecule has 112 valence electrons. The first-order chi connectivity index (χ1) is 9.95. The Morgan fingerprint density at radius 3 is 2.81 bits per heavy atom. The van der Waals surface area contributed by atoms with E-state index in [1.165, 1.54) is 4.90 Å². The summed E-state index contributed by atoms with van der Waals surface area (Å²) in [7, 11) is 0. The lowest BCUT2D eigenvalue weighted by Gasteiger charge is -2.19. The summed E-state index contributed by atoms with van der Waals surface area (Å²) in [6.45, 7) is 2.40. The minimum atomic E-state index is -0.285. The zero-order valence-corrected chi connectivity index (χ0v) is 13.9. The first-order valence-electron chi connectivity index (χ1n) is 6.77. The zero-order valence-electron chi connectivity index (χ0n) is 11.5. The van der Waals surface area contributed by atoms with Crippen LogP contribution >= 0.6 is 27.5 Å². The number of benzene rings is 1. The summed E-state index contributed by atoms with van der Waals surface area (Å²) in [6, 6.07) is 3.60. The van der Waals surface area contributed by atoms with Crippen molar-refractivity contribution in [1.82, 2.24) is 9.80 Å². The van der Waals surface area contributed by atoms with Crippen LogP contribution in [0.15, 0.2) is 16.6 Å². The Hall–Kier alpha value is -1.27. The van der Waals surface area contributed by atoms with Crippen molar-refractivity contribution in [2.24, 2.45) is 0 Å². The summed E-state index contributed by atoms with van der Waals surface area (Å²) < 4.78 is 0.766. The number of nitrogens with one attached hydrogen (secondary N) is 1. The van der Waals surface area contributed by atoms with Crippen LogP contribution in [0.25, 0.3) is 0 Å². The molecule has 1 aromatic carbocycles. The molecule has 1 aromatic rings. The highest BCUT2D eigenvalue weighted by Gasteiger charge is 2.39. The van der Waals surface area contributed by atoms with Crippen LogP contribution in [0.5, 0.6) is 0 Å². The number of halogens is 2. The molecule has 1 N–H and O–H groups in total. The maximum absolute atomic E-state index is 12.3. The summed E-state index contributed by atoms with van der Waals surface area (Å²) in [5.74, 6) is 0.0219. The van der Waals surface area contributed by atoms with Gasteiger partial charge in [-0.1, -0.05) is 11.6 Å². The summed E-state index contributed by atoms with van der Waals surface area (Å²) in [6.07, 6.45) is 2.08. The lowest BCUT2D eigenvalue weighted by atomic mass is 10.2. The molecular formula is C14H15BrClN3O2. The third-order valence-electron chi connectivity index (χ3n) is 3.73. The van der Waals surface area contributed by atoms with Gasteiger partial charge in [-0.25, -0.2) is 4.79 Å². The normalized spacial score (nSPS) is 18.3. The average molecular weight is 373 g/mol. The first-order valence-corrected chi connectivity index (χ1v) is 7.94. The average Bonchev–Trinajstić information content (AvgIpc) is 3.19. The molecule has 0 radical (unpaired) electrons. The van der Waals surface area contributed by atoms with Gasteiger partial charge in [-0.05, 0) is 53.4 Å². The van der Waals surface area contributed by atoms with Crippen LogP contribution < -0.4 is 5.32 Å². The Labute approximate surface area is 136 Å². The highest BCUT2D eigenvalue weighted by atomic mass is 79.9. The van der Waals surface area contributed by atoms with Crippen molar-refractivity contribution in [3.8, 4) is 0 Å². The number of carbonyl (C=O) groups is 2. The summed E-state index contributed by atoms with van der Waals surface area (Å²) >= 11 is 9.48. The Kier molecular flexibility index (Phi) is 3.84. The van der Waals surface area contributed by atoms with Gasteiger partial charge in [0.15, 0.2) is 0 Å². The molecule has 1 saturated carbocycles. The SMILES string of the molecule is Cc1cc(Br)c(NC(=O)N2CC(=O)N(C3CC3)C2)cc1Cl. The fraction of sp³-hybridized carbons (Fsp3) is 0.429. The highest BCUT2D eigenvalue weighted by Crippen LogP contribution is 2.31. The summed E-state index contributed by atoms with van der Waals surface area (Å²) in [5, 5.41) is 3.39. The number of carbonyl (C=O) groups excluding carboxylic acids is 2. The van der Waals surface area contributed by atoms with Crippen LogP contribution in [0.2, 0.25) is 5.02 Å². The smallest absolute Gasteiger partial charge is 0.320 e. The van der Waals surface area contributed by atoms with Crippen molar-refractivity contribution in [2.45, 2.75) is 25.8 Å². The van der Waals surface area contributed by atoms with Gasteiger partial charge in [-0.2, -0.15) is 0 Å². The third kappa shape index (κ3) is 3.01. The van der Waals surface area contributed by atoms with Crippen molar-refractivity contribution in [2.75, 3.05) is 18.5 Å². The second-order valence-electron chi connectivity index (χ2n) is 5.45. The minimum Gasteiger partial charge on any atom is -0.320 e. The fourth-order valence-corrected chi connectivity index (χ4v) is 3.07. The van der Waals surface area contributed by atoms with Crippen LogP contribution in [0, 0.1) is 6.92 Å². The monoisotopic (exact) mass is 371 g/mol. The van der Waals surface area contributed by atoms with Crippen LogP contribution in [-0.2, 0) is 4.79 Å². The Bertz CT molecular complexity index is 618. The molecule has 21 heavy (non-hydrogen) atoms. The molecule has 0 atom stereocenters. The van der Waals surface area contributed by atoms with Gasteiger partial charge >= 0.3 is 6.03 Å². The molecule has 5 nitrogen and oxygen atoms in total. The van der Waals surface area contributed by atoms with E-state index in [0.29, 0.717) is 23.4 Å². The predicted octanol–water partition coefficient (Wildman–Crippen LogP) is 3.21. The molecule has 0 unspecified atom stereocenters. The molecule has 1 heterocycles. The van der Waals surface area contributed by atoms with Gasteiger partial charge in [-0.3, -0.25) is 9.69 Å². The summed E-state index contributed by atoms with van der Waals surface area (Å²) in [5.41, 5.74) is 1.53. The molecule has 0 bridgehead atoms. The van der Waals surface area contributed by atoms with Crippen molar-refractivity contribution in [1.29, 1.82) is 0 Å². The Morgan fingerprint density at radius 2 is 2.14 bits per heavy atom. The number of amides is 3. The topological polar surface area (TPSA) is 52.7 Å². The van der Waals surface area contributed by atoms with E-state index in [-0.39, 0.29) is 18.5 Å². The molecule has 0 aromatic heterocycles. The number of aryl methyl sites for hydroxylation is 1. The first kappa shape index (κ1) is 14.7. The Morgan fingerprint density at radius 1 is 1.43 bits per heavy atom. The van der Waals surface area contributed by atoms with Crippen molar-refractivity contribution < 1.29 is 9.59 Å². The second-order valence-corrected chi connectivity index (χ2v) is 6.71. The molecular weight excluding hydrogens is 358 g/mol. The van der Waals surface area contributed by atoms with E-state index in [0.717, 1.165) is 22.9 Å². The number of urea groups is 1. The minimum absolute atomic E-state index is 0.0219. The van der Waals surface area contributed by atoms with Gasteiger partial charge in [-0.15, -0.1) is 0 Å². The van der Waals surface area contributed by atoms with Crippen molar-refractivity contribution >= 4 is 45.2 Å². The maximum atomic E-state index is 12.3. The summed E-state index contributed by atoms with van der Waals surface area (Å²) in [4.78, 5) is 27.4. The molecule has 1 aliphatic carbocycles. The number of rotatable bonds is 2. The third-order valence-corrected chi connectivity index (χ3v) is 4.80. The molecule has 1 saturated heterocycles. The van der Waals surface area contributed by atoms with E-state index in [1.54, 1.807) is 11.0 Å². The number of hydrogen-bond donors (Lipinski definition) is 1. The molecule has 0 spiro atoms.